The monoisotopic (exact) mass is 398 g/mol. The van der Waals surface area contributed by atoms with Gasteiger partial charge in [-0.15, -0.1) is 22.0 Å². The van der Waals surface area contributed by atoms with Gasteiger partial charge in [0, 0.05) is 23.5 Å². The molecule has 4 aromatic rings. The Morgan fingerprint density at radius 3 is 2.81 bits per heavy atom. The number of nitrogens with zero attached hydrogens (tertiary/aromatic N) is 4. The molecule has 0 spiro atoms. The minimum absolute atomic E-state index is 0.227. The summed E-state index contributed by atoms with van der Waals surface area (Å²) in [6, 6.07) is 13.3. The Morgan fingerprint density at radius 2 is 1.96 bits per heavy atom. The van der Waals surface area contributed by atoms with Gasteiger partial charge in [0.2, 0.25) is 4.96 Å². The van der Waals surface area contributed by atoms with Crippen molar-refractivity contribution >= 4 is 28.1 Å². The van der Waals surface area contributed by atoms with E-state index >= 15 is 0 Å². The van der Waals surface area contributed by atoms with Crippen molar-refractivity contribution in [2.24, 2.45) is 0 Å². The van der Waals surface area contributed by atoms with Crippen molar-refractivity contribution in [2.75, 3.05) is 5.75 Å². The van der Waals surface area contributed by atoms with E-state index in [1.807, 2.05) is 17.8 Å². The lowest BCUT2D eigenvalue weighted by atomic mass is 10.1. The predicted molar refractivity (Wildman–Crippen MR) is 108 cm³/mol. The Hall–Kier alpha value is -2.25. The number of benzene rings is 2. The average Bonchev–Trinajstić information content (AvgIpc) is 3.21. The van der Waals surface area contributed by atoms with Crippen LogP contribution in [0.5, 0.6) is 0 Å². The van der Waals surface area contributed by atoms with Crippen molar-refractivity contribution in [3.8, 4) is 0 Å². The maximum atomic E-state index is 13.9. The van der Waals surface area contributed by atoms with E-state index < -0.39 is 0 Å². The van der Waals surface area contributed by atoms with Crippen molar-refractivity contribution in [3.05, 3.63) is 75.8 Å². The zero-order valence-electron chi connectivity index (χ0n) is 15.1. The molecule has 0 aliphatic heterocycles. The number of aryl methyl sites for hydroxylation is 3. The molecule has 2 heterocycles. The Bertz CT molecular complexity index is 1090. The summed E-state index contributed by atoms with van der Waals surface area (Å²) in [7, 11) is 0. The average molecular weight is 399 g/mol. The van der Waals surface area contributed by atoms with Gasteiger partial charge in [0.05, 0.1) is 0 Å². The van der Waals surface area contributed by atoms with Gasteiger partial charge in [0.25, 0.3) is 0 Å². The number of hydrogen-bond acceptors (Lipinski definition) is 5. The van der Waals surface area contributed by atoms with Gasteiger partial charge in [0.15, 0.2) is 5.82 Å². The smallest absolute Gasteiger partial charge is 0.207 e. The van der Waals surface area contributed by atoms with Crippen LogP contribution >= 0.6 is 23.1 Å². The lowest BCUT2D eigenvalue weighted by molar-refractivity contribution is 0.611. The van der Waals surface area contributed by atoms with E-state index in [4.69, 9.17) is 0 Å². The molecule has 0 saturated heterocycles. The molecule has 138 valence electrons. The summed E-state index contributed by atoms with van der Waals surface area (Å²) in [5.74, 6) is 1.39. The fraction of sp³-hybridized carbons (Fsp3) is 0.250. The third kappa shape index (κ3) is 4.04. The van der Waals surface area contributed by atoms with Crippen LogP contribution in [0.15, 0.2) is 47.4 Å². The zero-order chi connectivity index (χ0) is 18.8. The van der Waals surface area contributed by atoms with Gasteiger partial charge in [0.1, 0.15) is 10.8 Å². The molecule has 0 radical (unpaired) electrons. The van der Waals surface area contributed by atoms with Crippen molar-refractivity contribution in [1.29, 1.82) is 0 Å². The Labute approximate surface area is 165 Å². The summed E-state index contributed by atoms with van der Waals surface area (Å²) in [6.45, 7) is 4.25. The van der Waals surface area contributed by atoms with Crippen molar-refractivity contribution in [2.45, 2.75) is 31.6 Å². The van der Waals surface area contributed by atoms with Crippen LogP contribution in [0, 0.1) is 19.7 Å². The van der Waals surface area contributed by atoms with Crippen LogP contribution in [0.1, 0.15) is 27.5 Å². The molecule has 7 heteroatoms. The summed E-state index contributed by atoms with van der Waals surface area (Å²) < 4.78 is 15.6. The summed E-state index contributed by atoms with van der Waals surface area (Å²) >= 11 is 3.40. The molecule has 0 saturated carbocycles. The predicted octanol–water partition coefficient (Wildman–Crippen LogP) is 4.87. The molecule has 0 N–H and O–H groups in total. The second-order valence-electron chi connectivity index (χ2n) is 6.44. The first kappa shape index (κ1) is 18.1. The number of fused-ring (bicyclic) bond motifs is 1. The molecule has 4 rings (SSSR count). The maximum Gasteiger partial charge on any atom is 0.234 e. The van der Waals surface area contributed by atoms with E-state index in [0.29, 0.717) is 17.8 Å². The summed E-state index contributed by atoms with van der Waals surface area (Å²) in [6.07, 6.45) is 1.25. The molecule has 2 aromatic heterocycles. The lowest BCUT2D eigenvalue weighted by Gasteiger charge is -2.05. The summed E-state index contributed by atoms with van der Waals surface area (Å²) in [5.41, 5.74) is 3.18. The number of thioether (sulfide) groups is 1. The van der Waals surface area contributed by atoms with E-state index in [9.17, 15) is 4.39 Å². The van der Waals surface area contributed by atoms with E-state index in [1.165, 1.54) is 22.1 Å². The molecule has 0 atom stereocenters. The molecule has 0 fully saturated rings. The van der Waals surface area contributed by atoms with Gasteiger partial charge in [-0.05, 0) is 37.1 Å². The van der Waals surface area contributed by atoms with E-state index in [2.05, 4.69) is 47.3 Å². The highest BCUT2D eigenvalue weighted by Gasteiger charge is 2.14. The highest BCUT2D eigenvalue weighted by Crippen LogP contribution is 2.25. The molecule has 27 heavy (non-hydrogen) atoms. The van der Waals surface area contributed by atoms with Crippen molar-refractivity contribution < 1.29 is 4.39 Å². The van der Waals surface area contributed by atoms with E-state index in [0.717, 1.165) is 22.1 Å². The first-order valence-electron chi connectivity index (χ1n) is 8.73. The lowest BCUT2D eigenvalue weighted by Crippen LogP contribution is -2.00. The van der Waals surface area contributed by atoms with Crippen molar-refractivity contribution in [1.82, 2.24) is 19.8 Å². The molecule has 0 bridgehead atoms. The fourth-order valence-electron chi connectivity index (χ4n) is 2.83. The van der Waals surface area contributed by atoms with Crippen LogP contribution in [-0.2, 0) is 12.8 Å². The topological polar surface area (TPSA) is 43.1 Å². The maximum absolute atomic E-state index is 13.9. The Kier molecular flexibility index (Phi) is 5.22. The fourth-order valence-corrected chi connectivity index (χ4v) is 4.89. The van der Waals surface area contributed by atoms with Gasteiger partial charge >= 0.3 is 0 Å². The summed E-state index contributed by atoms with van der Waals surface area (Å²) in [4.78, 5) is 2.08. The van der Waals surface area contributed by atoms with Crippen LogP contribution in [0.3, 0.4) is 0 Å². The van der Waals surface area contributed by atoms with Crippen LogP contribution in [-0.4, -0.2) is 25.6 Å². The largest absolute Gasteiger partial charge is 0.234 e. The summed E-state index contributed by atoms with van der Waals surface area (Å²) in [5, 5.41) is 14.0. The zero-order valence-corrected chi connectivity index (χ0v) is 16.8. The first-order valence-corrected chi connectivity index (χ1v) is 10.5. The first-order chi connectivity index (χ1) is 13.1. The minimum Gasteiger partial charge on any atom is -0.207 e. The minimum atomic E-state index is -0.227. The third-order valence-corrected chi connectivity index (χ3v) is 6.44. The molecule has 0 aliphatic rings. The molecular weight excluding hydrogens is 379 g/mol. The molecule has 4 nitrogen and oxygen atoms in total. The number of rotatable bonds is 6. The SMILES string of the molecule is Cc1ccc(C)c(SCCc2nn3c(Cc4ccccc4F)nnc3s2)c1. The van der Waals surface area contributed by atoms with Crippen LogP contribution in [0.2, 0.25) is 0 Å². The quantitative estimate of drug-likeness (QED) is 0.435. The van der Waals surface area contributed by atoms with Crippen LogP contribution in [0.4, 0.5) is 4.39 Å². The second-order valence-corrected chi connectivity index (χ2v) is 8.62. The molecule has 0 unspecified atom stereocenters. The standard InChI is InChI=1S/C20H19FN4S2/c1-13-7-8-14(2)17(11-13)26-10-9-19-24-25-18(22-23-20(25)27-19)12-15-5-3-4-6-16(15)21/h3-8,11H,9-10,12H2,1-2H3. The number of halogens is 1. The van der Waals surface area contributed by atoms with E-state index in [-0.39, 0.29) is 5.82 Å². The van der Waals surface area contributed by atoms with Crippen LogP contribution in [0.25, 0.3) is 4.96 Å². The van der Waals surface area contributed by atoms with E-state index in [1.54, 1.807) is 28.0 Å². The second kappa shape index (κ2) is 7.78. The van der Waals surface area contributed by atoms with Gasteiger partial charge in [-0.25, -0.2) is 4.39 Å². The normalized spacial score (nSPS) is 11.4. The Morgan fingerprint density at radius 1 is 1.11 bits per heavy atom. The van der Waals surface area contributed by atoms with Gasteiger partial charge < -0.3 is 0 Å². The number of aromatic nitrogens is 4. The van der Waals surface area contributed by atoms with Crippen molar-refractivity contribution in [3.63, 3.8) is 0 Å². The number of hydrogen-bond donors (Lipinski definition) is 0. The molecule has 2 aromatic carbocycles. The Balaban J connectivity index is 1.45. The third-order valence-electron chi connectivity index (χ3n) is 4.32. The molecule has 0 amide bonds. The van der Waals surface area contributed by atoms with Gasteiger partial charge in [-0.3, -0.25) is 0 Å². The van der Waals surface area contributed by atoms with Crippen LogP contribution < -0.4 is 0 Å². The molecule has 0 aliphatic carbocycles. The highest BCUT2D eigenvalue weighted by atomic mass is 32.2. The molecular formula is C20H19FN4S2. The van der Waals surface area contributed by atoms with Gasteiger partial charge in [-0.1, -0.05) is 47.2 Å². The highest BCUT2D eigenvalue weighted by molar-refractivity contribution is 7.99. The van der Waals surface area contributed by atoms with Gasteiger partial charge in [-0.2, -0.15) is 9.61 Å².